The molecule has 1 aliphatic heterocycles. The van der Waals surface area contributed by atoms with Gasteiger partial charge in [-0.2, -0.15) is 0 Å². The van der Waals surface area contributed by atoms with Gasteiger partial charge in [-0.25, -0.2) is 9.59 Å². The molecule has 1 saturated heterocycles. The third kappa shape index (κ3) is 12.8. The SMILES string of the molecule is Cl.O=C(NCCN(CCO)C(=O)[C@H](CCCN(Cc1ccccc1)C(=O)O)NC(=O)C1CCCNC1)OCc1ccccc1. The first kappa shape index (κ1) is 36.3. The van der Waals surface area contributed by atoms with E-state index in [1.165, 1.54) is 9.80 Å². The topological polar surface area (TPSA) is 161 Å². The van der Waals surface area contributed by atoms with Crippen LogP contribution in [0.4, 0.5) is 9.59 Å². The van der Waals surface area contributed by atoms with Gasteiger partial charge >= 0.3 is 12.2 Å². The number of halogens is 1. The standard InChI is InChI=1S/C31H43N5O7.ClH/c37-20-19-35(18-16-33-30(40)43-23-25-11-5-2-6-12-25)29(39)27(34-28(38)26-13-7-15-32-21-26)14-8-17-36(31(41)42)22-24-9-3-1-4-10-24;/h1-6,9-12,26-27,32,37H,7-8,13-23H2,(H,33,40)(H,34,38)(H,41,42);1H/t26?,27-;/m0./s1. The Labute approximate surface area is 264 Å². The van der Waals surface area contributed by atoms with E-state index < -0.39 is 24.1 Å². The van der Waals surface area contributed by atoms with Crippen molar-refractivity contribution in [2.75, 3.05) is 45.9 Å². The van der Waals surface area contributed by atoms with Crippen molar-refractivity contribution in [3.63, 3.8) is 0 Å². The van der Waals surface area contributed by atoms with Gasteiger partial charge in [-0.05, 0) is 43.4 Å². The fraction of sp³-hybridized carbons (Fsp3) is 0.484. The molecule has 1 aliphatic rings. The van der Waals surface area contributed by atoms with Crippen LogP contribution < -0.4 is 16.0 Å². The number of amides is 4. The van der Waals surface area contributed by atoms with Crippen molar-refractivity contribution in [2.45, 2.75) is 44.9 Å². The molecule has 242 valence electrons. The minimum atomic E-state index is -1.07. The molecule has 0 bridgehead atoms. The van der Waals surface area contributed by atoms with E-state index in [2.05, 4.69) is 16.0 Å². The van der Waals surface area contributed by atoms with E-state index in [9.17, 15) is 29.4 Å². The predicted molar refractivity (Wildman–Crippen MR) is 167 cm³/mol. The van der Waals surface area contributed by atoms with Crippen LogP contribution in [0.25, 0.3) is 0 Å². The lowest BCUT2D eigenvalue weighted by Gasteiger charge is -2.30. The van der Waals surface area contributed by atoms with Gasteiger partial charge in [0.1, 0.15) is 12.6 Å². The number of aliphatic hydroxyl groups excluding tert-OH is 1. The Morgan fingerprint density at radius 2 is 1.64 bits per heavy atom. The van der Waals surface area contributed by atoms with E-state index in [0.717, 1.165) is 24.1 Å². The second-order valence-electron chi connectivity index (χ2n) is 10.5. The number of nitrogens with one attached hydrogen (secondary N) is 3. The lowest BCUT2D eigenvalue weighted by molar-refractivity contribution is -0.138. The predicted octanol–water partition coefficient (Wildman–Crippen LogP) is 2.60. The number of benzene rings is 2. The number of carbonyl (C=O) groups is 4. The summed E-state index contributed by atoms with van der Waals surface area (Å²) >= 11 is 0. The molecule has 0 spiro atoms. The van der Waals surface area contributed by atoms with E-state index in [4.69, 9.17) is 4.74 Å². The summed E-state index contributed by atoms with van der Waals surface area (Å²) in [6.45, 7) is 1.71. The van der Waals surface area contributed by atoms with Crippen molar-refractivity contribution in [2.24, 2.45) is 5.92 Å². The van der Waals surface area contributed by atoms with Gasteiger partial charge in [0, 0.05) is 39.3 Å². The fourth-order valence-corrected chi connectivity index (χ4v) is 4.90. The van der Waals surface area contributed by atoms with Gasteiger partial charge in [0.15, 0.2) is 0 Å². The minimum absolute atomic E-state index is 0. The number of alkyl carbamates (subject to hydrolysis) is 1. The Morgan fingerprint density at radius 3 is 2.25 bits per heavy atom. The summed E-state index contributed by atoms with van der Waals surface area (Å²) in [5.74, 6) is -0.919. The summed E-state index contributed by atoms with van der Waals surface area (Å²) in [5, 5.41) is 28.1. The van der Waals surface area contributed by atoms with E-state index in [0.29, 0.717) is 19.4 Å². The number of nitrogens with zero attached hydrogens (tertiary/aromatic N) is 2. The number of piperidine rings is 1. The van der Waals surface area contributed by atoms with Crippen LogP contribution in [0.15, 0.2) is 60.7 Å². The van der Waals surface area contributed by atoms with Crippen LogP contribution in [-0.4, -0.2) is 95.9 Å². The Balaban J connectivity index is 0.00000675. The fourth-order valence-electron chi connectivity index (χ4n) is 4.90. The molecule has 1 heterocycles. The van der Waals surface area contributed by atoms with E-state index in [1.807, 2.05) is 60.7 Å². The molecular formula is C31H44ClN5O7. The lowest BCUT2D eigenvalue weighted by atomic mass is 9.98. The third-order valence-electron chi connectivity index (χ3n) is 7.24. The van der Waals surface area contributed by atoms with Crippen molar-refractivity contribution in [3.05, 3.63) is 71.8 Å². The van der Waals surface area contributed by atoms with Crippen LogP contribution in [0.1, 0.15) is 36.8 Å². The first-order valence-electron chi connectivity index (χ1n) is 14.7. The lowest BCUT2D eigenvalue weighted by Crippen LogP contribution is -2.53. The maximum Gasteiger partial charge on any atom is 0.407 e. The normalized spacial score (nSPS) is 14.8. The van der Waals surface area contributed by atoms with E-state index >= 15 is 0 Å². The zero-order valence-electron chi connectivity index (χ0n) is 24.9. The Hall–Kier alpha value is -3.87. The molecular weight excluding hydrogens is 590 g/mol. The highest BCUT2D eigenvalue weighted by Gasteiger charge is 2.29. The van der Waals surface area contributed by atoms with Crippen LogP contribution in [0.5, 0.6) is 0 Å². The Morgan fingerprint density at radius 1 is 0.955 bits per heavy atom. The van der Waals surface area contributed by atoms with Gasteiger partial charge in [0.2, 0.25) is 11.8 Å². The summed E-state index contributed by atoms with van der Waals surface area (Å²) in [6.07, 6.45) is 0.386. The summed E-state index contributed by atoms with van der Waals surface area (Å²) < 4.78 is 5.22. The van der Waals surface area contributed by atoms with Gasteiger partial charge in [-0.15, -0.1) is 12.4 Å². The second kappa shape index (κ2) is 20.2. The third-order valence-corrected chi connectivity index (χ3v) is 7.24. The molecule has 1 fully saturated rings. The second-order valence-corrected chi connectivity index (χ2v) is 10.5. The van der Waals surface area contributed by atoms with Crippen molar-refractivity contribution in [1.82, 2.24) is 25.8 Å². The van der Waals surface area contributed by atoms with Crippen LogP contribution in [0.2, 0.25) is 0 Å². The summed E-state index contributed by atoms with van der Waals surface area (Å²) in [5.41, 5.74) is 1.69. The Kier molecular flexibility index (Phi) is 16.6. The molecule has 4 amide bonds. The van der Waals surface area contributed by atoms with Crippen LogP contribution in [0.3, 0.4) is 0 Å². The number of aliphatic hydroxyl groups is 1. The molecule has 0 saturated carbocycles. The largest absolute Gasteiger partial charge is 0.465 e. The summed E-state index contributed by atoms with van der Waals surface area (Å²) in [7, 11) is 0. The zero-order valence-corrected chi connectivity index (χ0v) is 25.7. The number of rotatable bonds is 16. The van der Waals surface area contributed by atoms with Crippen molar-refractivity contribution in [1.29, 1.82) is 0 Å². The zero-order chi connectivity index (χ0) is 30.9. The van der Waals surface area contributed by atoms with Crippen molar-refractivity contribution < 1.29 is 34.1 Å². The van der Waals surface area contributed by atoms with Crippen LogP contribution in [-0.2, 0) is 27.5 Å². The molecule has 0 aromatic heterocycles. The molecule has 5 N–H and O–H groups in total. The van der Waals surface area contributed by atoms with Gasteiger partial charge in [-0.3, -0.25) is 9.59 Å². The van der Waals surface area contributed by atoms with Crippen molar-refractivity contribution in [3.8, 4) is 0 Å². The molecule has 12 nitrogen and oxygen atoms in total. The van der Waals surface area contributed by atoms with Gasteiger partial charge in [-0.1, -0.05) is 60.7 Å². The molecule has 2 aromatic rings. The number of carboxylic acid groups (broad SMARTS) is 1. The number of carbonyl (C=O) groups excluding carboxylic acids is 3. The quantitative estimate of drug-likeness (QED) is 0.189. The maximum absolute atomic E-state index is 13.6. The molecule has 1 unspecified atom stereocenters. The molecule has 44 heavy (non-hydrogen) atoms. The van der Waals surface area contributed by atoms with E-state index in [-0.39, 0.29) is 76.6 Å². The van der Waals surface area contributed by atoms with Crippen LogP contribution >= 0.6 is 12.4 Å². The average molecular weight is 634 g/mol. The average Bonchev–Trinajstić information content (AvgIpc) is 3.03. The highest BCUT2D eigenvalue weighted by atomic mass is 35.5. The first-order valence-corrected chi connectivity index (χ1v) is 14.7. The summed E-state index contributed by atoms with van der Waals surface area (Å²) in [6, 6.07) is 17.5. The summed E-state index contributed by atoms with van der Waals surface area (Å²) in [4.78, 5) is 53.5. The van der Waals surface area contributed by atoms with E-state index in [1.54, 1.807) is 0 Å². The molecule has 0 aliphatic carbocycles. The van der Waals surface area contributed by atoms with Gasteiger partial charge in [0.05, 0.1) is 12.5 Å². The highest BCUT2D eigenvalue weighted by molar-refractivity contribution is 5.88. The molecule has 13 heteroatoms. The monoisotopic (exact) mass is 633 g/mol. The Bertz CT molecular complexity index is 1150. The van der Waals surface area contributed by atoms with Gasteiger partial charge < -0.3 is 40.7 Å². The smallest absolute Gasteiger partial charge is 0.407 e. The molecule has 2 aromatic carbocycles. The number of hydrogen-bond acceptors (Lipinski definition) is 7. The minimum Gasteiger partial charge on any atom is -0.465 e. The molecule has 2 atom stereocenters. The van der Waals surface area contributed by atoms with Gasteiger partial charge in [0.25, 0.3) is 0 Å². The molecule has 0 radical (unpaired) electrons. The molecule has 3 rings (SSSR count). The highest BCUT2D eigenvalue weighted by Crippen LogP contribution is 2.13. The number of hydrogen-bond donors (Lipinski definition) is 5. The maximum atomic E-state index is 13.6. The van der Waals surface area contributed by atoms with Crippen LogP contribution in [0, 0.1) is 5.92 Å². The van der Waals surface area contributed by atoms with Crippen molar-refractivity contribution >= 4 is 36.4 Å². The number of ether oxygens (including phenoxy) is 1. The first-order chi connectivity index (χ1) is 20.9.